The first kappa shape index (κ1) is 5.18. The van der Waals surface area contributed by atoms with E-state index in [9.17, 15) is 0 Å². The van der Waals surface area contributed by atoms with Crippen LogP contribution >= 0.6 is 0 Å². The molecule has 1 aromatic heterocycles. The van der Waals surface area contributed by atoms with E-state index >= 15 is 0 Å². The summed E-state index contributed by atoms with van der Waals surface area (Å²) in [6.45, 7) is 0.515. The van der Waals surface area contributed by atoms with Crippen LogP contribution in [-0.4, -0.2) is 9.97 Å². The summed E-state index contributed by atoms with van der Waals surface area (Å²) in [4.78, 5) is 7.53. The van der Waals surface area contributed by atoms with Crippen molar-refractivity contribution in [1.29, 1.82) is 0 Å². The molecule has 0 radical (unpaired) electrons. The van der Waals surface area contributed by atoms with Gasteiger partial charge in [-0.25, -0.2) is 9.97 Å². The van der Waals surface area contributed by atoms with E-state index in [1.807, 2.05) is 0 Å². The Hall–Kier alpha value is -0.960. The summed E-state index contributed by atoms with van der Waals surface area (Å²) in [5.41, 5.74) is 6.24. The molecule has 0 spiro atoms. The van der Waals surface area contributed by atoms with Crippen LogP contribution in [0.5, 0.6) is 0 Å². The molecule has 0 aromatic carbocycles. The summed E-state index contributed by atoms with van der Waals surface area (Å²) in [5, 5.41) is 0. The molecule has 0 aliphatic rings. The van der Waals surface area contributed by atoms with Crippen LogP contribution in [0.1, 0.15) is 5.56 Å². The molecule has 8 heavy (non-hydrogen) atoms. The van der Waals surface area contributed by atoms with Gasteiger partial charge in [-0.3, -0.25) is 0 Å². The lowest BCUT2D eigenvalue weighted by molar-refractivity contribution is 1.01. The molecule has 3 heteroatoms. The lowest BCUT2D eigenvalue weighted by Crippen LogP contribution is -1.96. The quantitative estimate of drug-likeness (QED) is 0.549. The van der Waals surface area contributed by atoms with E-state index in [-0.39, 0.29) is 0 Å². The zero-order valence-electron chi connectivity index (χ0n) is 4.41. The number of aromatic nitrogens is 2. The average Bonchev–Trinajstić information content (AvgIpc) is 1.90. The van der Waals surface area contributed by atoms with E-state index in [4.69, 9.17) is 5.73 Å². The number of nitrogens with zero attached hydrogens (tertiary/aromatic N) is 2. The fraction of sp³-hybridized carbons (Fsp3) is 0.200. The number of nitrogens with two attached hydrogens (primary N) is 1. The highest BCUT2D eigenvalue weighted by molar-refractivity contribution is 5.00. The van der Waals surface area contributed by atoms with Gasteiger partial charge in [0.05, 0.1) is 0 Å². The molecule has 42 valence electrons. The molecule has 1 rings (SSSR count). The van der Waals surface area contributed by atoms with Crippen molar-refractivity contribution in [1.82, 2.24) is 9.97 Å². The van der Waals surface area contributed by atoms with Crippen LogP contribution in [0.4, 0.5) is 0 Å². The molecule has 0 bridgehead atoms. The predicted octanol–water partition coefficient (Wildman–Crippen LogP) is -0.0647. The van der Waals surface area contributed by atoms with Crippen molar-refractivity contribution in [3.8, 4) is 0 Å². The summed E-state index contributed by atoms with van der Waals surface area (Å²) in [6, 6.07) is 0. The summed E-state index contributed by atoms with van der Waals surface area (Å²) >= 11 is 0. The van der Waals surface area contributed by atoms with Gasteiger partial charge < -0.3 is 5.73 Å². The third-order valence-corrected chi connectivity index (χ3v) is 0.850. The fourth-order valence-corrected chi connectivity index (χ4v) is 0.435. The van der Waals surface area contributed by atoms with Gasteiger partial charge in [0.15, 0.2) is 0 Å². The van der Waals surface area contributed by atoms with Crippen molar-refractivity contribution in [3.63, 3.8) is 0 Å². The lowest BCUT2D eigenvalue weighted by atomic mass is 10.4. The summed E-state index contributed by atoms with van der Waals surface area (Å²) in [5.74, 6) is 0. The van der Waals surface area contributed by atoms with Gasteiger partial charge in [0.2, 0.25) is 0 Å². The van der Waals surface area contributed by atoms with E-state index in [0.29, 0.717) is 6.54 Å². The van der Waals surface area contributed by atoms with Gasteiger partial charge in [-0.1, -0.05) is 0 Å². The summed E-state index contributed by atoms with van der Waals surface area (Å²) < 4.78 is 0. The van der Waals surface area contributed by atoms with E-state index < -0.39 is 0 Å². The third-order valence-electron chi connectivity index (χ3n) is 0.850. The van der Waals surface area contributed by atoms with Crippen LogP contribution in [0.3, 0.4) is 0 Å². The minimum absolute atomic E-state index is 0.515. The Morgan fingerprint density at radius 3 is 2.38 bits per heavy atom. The molecule has 0 saturated carbocycles. The van der Waals surface area contributed by atoms with Crippen molar-refractivity contribution in [2.45, 2.75) is 6.54 Å². The van der Waals surface area contributed by atoms with Gasteiger partial charge >= 0.3 is 0 Å². The van der Waals surface area contributed by atoms with Crippen molar-refractivity contribution < 1.29 is 0 Å². The molecule has 0 aliphatic carbocycles. The minimum Gasteiger partial charge on any atom is -0.326 e. The van der Waals surface area contributed by atoms with Crippen LogP contribution < -0.4 is 5.73 Å². The molecule has 0 aliphatic heterocycles. The lowest BCUT2D eigenvalue weighted by Gasteiger charge is -1.88. The zero-order valence-corrected chi connectivity index (χ0v) is 4.41. The van der Waals surface area contributed by atoms with Crippen molar-refractivity contribution in [2.75, 3.05) is 0 Å². The van der Waals surface area contributed by atoms with E-state index in [1.54, 1.807) is 12.4 Å². The Labute approximate surface area is 47.6 Å². The number of rotatable bonds is 1. The standard InChI is InChI=1S/C5H7N3/c6-1-5-2-7-4-8-3-5/h2-4H,1,6H2. The highest BCUT2D eigenvalue weighted by atomic mass is 14.8. The van der Waals surface area contributed by atoms with Gasteiger partial charge in [-0.2, -0.15) is 0 Å². The Kier molecular flexibility index (Phi) is 1.54. The van der Waals surface area contributed by atoms with Crippen molar-refractivity contribution in [3.05, 3.63) is 24.3 Å². The second-order valence-electron chi connectivity index (χ2n) is 1.45. The van der Waals surface area contributed by atoms with Crippen LogP contribution in [0, 0.1) is 0 Å². The molecule has 1 aromatic rings. The van der Waals surface area contributed by atoms with Crippen LogP contribution in [0.2, 0.25) is 0 Å². The van der Waals surface area contributed by atoms with Gasteiger partial charge in [0, 0.05) is 24.5 Å². The molecular weight excluding hydrogens is 102 g/mol. The summed E-state index contributed by atoms with van der Waals surface area (Å²) in [7, 11) is 0. The molecule has 0 saturated heterocycles. The van der Waals surface area contributed by atoms with Crippen LogP contribution in [0.25, 0.3) is 0 Å². The minimum atomic E-state index is 0.515. The monoisotopic (exact) mass is 109 g/mol. The Balaban J connectivity index is 2.83. The van der Waals surface area contributed by atoms with E-state index in [1.165, 1.54) is 6.33 Å². The molecule has 1 heterocycles. The van der Waals surface area contributed by atoms with Crippen LogP contribution in [-0.2, 0) is 6.54 Å². The number of hydrogen-bond donors (Lipinski definition) is 1. The molecular formula is C5H7N3. The molecule has 0 unspecified atom stereocenters. The summed E-state index contributed by atoms with van der Waals surface area (Å²) in [6.07, 6.45) is 4.89. The topological polar surface area (TPSA) is 51.8 Å². The molecule has 0 amide bonds. The average molecular weight is 109 g/mol. The Morgan fingerprint density at radius 2 is 2.00 bits per heavy atom. The van der Waals surface area contributed by atoms with E-state index in [2.05, 4.69) is 9.97 Å². The molecule has 2 N–H and O–H groups in total. The maximum absolute atomic E-state index is 5.27. The largest absolute Gasteiger partial charge is 0.326 e. The second kappa shape index (κ2) is 2.37. The van der Waals surface area contributed by atoms with Crippen molar-refractivity contribution in [2.24, 2.45) is 5.73 Å². The highest BCUT2D eigenvalue weighted by Gasteiger charge is 1.82. The smallest absolute Gasteiger partial charge is 0.115 e. The highest BCUT2D eigenvalue weighted by Crippen LogP contribution is 1.86. The normalized spacial score (nSPS) is 9.12. The fourth-order valence-electron chi connectivity index (χ4n) is 0.435. The van der Waals surface area contributed by atoms with Gasteiger partial charge in [-0.15, -0.1) is 0 Å². The molecule has 0 fully saturated rings. The Morgan fingerprint density at radius 1 is 1.38 bits per heavy atom. The third kappa shape index (κ3) is 1.01. The number of hydrogen-bond acceptors (Lipinski definition) is 3. The van der Waals surface area contributed by atoms with Crippen LogP contribution in [0.15, 0.2) is 18.7 Å². The van der Waals surface area contributed by atoms with Gasteiger partial charge in [-0.05, 0) is 0 Å². The SMILES string of the molecule is NCc1cncnc1. The molecule has 0 atom stereocenters. The van der Waals surface area contributed by atoms with Gasteiger partial charge in [0.1, 0.15) is 6.33 Å². The van der Waals surface area contributed by atoms with Gasteiger partial charge in [0.25, 0.3) is 0 Å². The Bertz CT molecular complexity index is 149. The van der Waals surface area contributed by atoms with Crippen molar-refractivity contribution >= 4 is 0 Å². The zero-order chi connectivity index (χ0) is 5.82. The predicted molar refractivity (Wildman–Crippen MR) is 29.9 cm³/mol. The maximum Gasteiger partial charge on any atom is 0.115 e. The first-order chi connectivity index (χ1) is 3.93. The first-order valence-electron chi connectivity index (χ1n) is 2.37. The first-order valence-corrected chi connectivity index (χ1v) is 2.37. The second-order valence-corrected chi connectivity index (χ2v) is 1.45. The van der Waals surface area contributed by atoms with E-state index in [0.717, 1.165) is 5.56 Å². The molecule has 3 nitrogen and oxygen atoms in total. The maximum atomic E-state index is 5.27.